The number of benzene rings is 1. The molecule has 1 aromatic heterocycles. The fourth-order valence-electron chi connectivity index (χ4n) is 2.15. The highest BCUT2D eigenvalue weighted by Gasteiger charge is 2.11. The molecule has 2 rings (SSSR count). The van der Waals surface area contributed by atoms with Crippen LogP contribution in [0.5, 0.6) is 0 Å². The zero-order valence-corrected chi connectivity index (χ0v) is 10.5. The third-order valence-electron chi connectivity index (χ3n) is 2.81. The summed E-state index contributed by atoms with van der Waals surface area (Å²) in [4.78, 5) is 0. The topological polar surface area (TPSA) is 30.9 Å². The third kappa shape index (κ3) is 1.95. The van der Waals surface area contributed by atoms with Gasteiger partial charge < -0.3 is 10.3 Å². The Bertz CT molecular complexity index is 500. The van der Waals surface area contributed by atoms with E-state index in [0.29, 0.717) is 0 Å². The number of aromatic nitrogens is 1. The lowest BCUT2D eigenvalue weighted by Crippen LogP contribution is -2.17. The summed E-state index contributed by atoms with van der Waals surface area (Å²) in [7, 11) is 0. The van der Waals surface area contributed by atoms with E-state index in [1.54, 1.807) is 0 Å². The van der Waals surface area contributed by atoms with E-state index in [0.717, 1.165) is 23.5 Å². The first-order valence-corrected chi connectivity index (χ1v) is 6.03. The van der Waals surface area contributed by atoms with Gasteiger partial charge in [0.15, 0.2) is 0 Å². The first kappa shape index (κ1) is 11.5. The van der Waals surface area contributed by atoms with Crippen LogP contribution < -0.4 is 5.73 Å². The minimum absolute atomic E-state index is 0.176. The molecule has 0 amide bonds. The molecule has 0 aliphatic heterocycles. The maximum Gasteiger partial charge on any atom is 0.0672 e. The number of aryl methyl sites for hydroxylation is 1. The quantitative estimate of drug-likeness (QED) is 0.872. The van der Waals surface area contributed by atoms with Gasteiger partial charge >= 0.3 is 0 Å². The van der Waals surface area contributed by atoms with E-state index >= 15 is 0 Å². The van der Waals surface area contributed by atoms with Crippen LogP contribution in [0.1, 0.15) is 19.4 Å². The Labute approximate surface area is 101 Å². The van der Waals surface area contributed by atoms with Gasteiger partial charge in [0, 0.05) is 24.2 Å². The molecule has 0 bridgehead atoms. The van der Waals surface area contributed by atoms with Crippen molar-refractivity contribution in [3.8, 4) is 0 Å². The zero-order chi connectivity index (χ0) is 11.7. The molecular formula is C13H17ClN2. The van der Waals surface area contributed by atoms with E-state index in [9.17, 15) is 0 Å². The molecule has 86 valence electrons. The van der Waals surface area contributed by atoms with E-state index in [2.05, 4.69) is 23.8 Å². The molecular weight excluding hydrogens is 220 g/mol. The van der Waals surface area contributed by atoms with Gasteiger partial charge in [-0.05, 0) is 31.9 Å². The summed E-state index contributed by atoms with van der Waals surface area (Å²) < 4.78 is 2.19. The highest BCUT2D eigenvalue weighted by atomic mass is 35.5. The molecule has 1 atom stereocenters. The van der Waals surface area contributed by atoms with Crippen molar-refractivity contribution in [3.05, 3.63) is 35.0 Å². The standard InChI is InChI=1S/C13H17ClN2/c1-3-16-8-10(7-9(2)15)11-5-4-6-12(14)13(11)16/h4-6,8-9H,3,7,15H2,1-2H3/t9-/m0/s1. The van der Waals surface area contributed by atoms with E-state index < -0.39 is 0 Å². The second-order valence-electron chi connectivity index (χ2n) is 4.26. The Kier molecular flexibility index (Phi) is 3.22. The Balaban J connectivity index is 2.63. The largest absolute Gasteiger partial charge is 0.346 e. The van der Waals surface area contributed by atoms with Crippen molar-refractivity contribution < 1.29 is 0 Å². The molecule has 0 aliphatic rings. The average Bonchev–Trinajstić information content (AvgIpc) is 2.57. The number of hydrogen-bond acceptors (Lipinski definition) is 1. The number of fused-ring (bicyclic) bond motifs is 1. The summed E-state index contributed by atoms with van der Waals surface area (Å²) in [6.45, 7) is 5.08. The van der Waals surface area contributed by atoms with E-state index in [-0.39, 0.29) is 6.04 Å². The van der Waals surface area contributed by atoms with Crippen LogP contribution in [0.2, 0.25) is 5.02 Å². The lowest BCUT2D eigenvalue weighted by atomic mass is 10.1. The molecule has 0 fully saturated rings. The molecule has 0 unspecified atom stereocenters. The SMILES string of the molecule is CCn1cc(C[C@H](C)N)c2cccc(Cl)c21. The predicted molar refractivity (Wildman–Crippen MR) is 70.0 cm³/mol. The van der Waals surface area contributed by atoms with Crippen LogP contribution in [-0.2, 0) is 13.0 Å². The molecule has 0 radical (unpaired) electrons. The fraction of sp³-hybridized carbons (Fsp3) is 0.385. The predicted octanol–water partition coefficient (Wildman–Crippen LogP) is 3.20. The average molecular weight is 237 g/mol. The highest BCUT2D eigenvalue weighted by molar-refractivity contribution is 6.35. The van der Waals surface area contributed by atoms with E-state index in [4.69, 9.17) is 17.3 Å². The molecule has 1 aromatic carbocycles. The first-order chi connectivity index (χ1) is 7.63. The zero-order valence-electron chi connectivity index (χ0n) is 9.70. The molecule has 0 spiro atoms. The second kappa shape index (κ2) is 4.48. The molecule has 1 heterocycles. The third-order valence-corrected chi connectivity index (χ3v) is 3.12. The summed E-state index contributed by atoms with van der Waals surface area (Å²) in [5.41, 5.74) is 8.28. The second-order valence-corrected chi connectivity index (χ2v) is 4.66. The van der Waals surface area contributed by atoms with Crippen LogP contribution in [0.15, 0.2) is 24.4 Å². The number of para-hydroxylation sites is 1. The van der Waals surface area contributed by atoms with Crippen LogP contribution in [0.25, 0.3) is 10.9 Å². The van der Waals surface area contributed by atoms with Crippen molar-refractivity contribution in [2.45, 2.75) is 32.9 Å². The number of nitrogens with two attached hydrogens (primary N) is 1. The Hall–Kier alpha value is -0.990. The summed E-state index contributed by atoms with van der Waals surface area (Å²) in [6.07, 6.45) is 3.06. The summed E-state index contributed by atoms with van der Waals surface area (Å²) >= 11 is 6.24. The Morgan fingerprint density at radius 1 is 1.44 bits per heavy atom. The van der Waals surface area contributed by atoms with Gasteiger partial charge in [0.05, 0.1) is 10.5 Å². The summed E-state index contributed by atoms with van der Waals surface area (Å²) in [5, 5.41) is 2.04. The first-order valence-electron chi connectivity index (χ1n) is 5.65. The molecule has 2 aromatic rings. The highest BCUT2D eigenvalue weighted by Crippen LogP contribution is 2.28. The minimum Gasteiger partial charge on any atom is -0.346 e. The van der Waals surface area contributed by atoms with Gasteiger partial charge in [-0.3, -0.25) is 0 Å². The number of rotatable bonds is 3. The van der Waals surface area contributed by atoms with Gasteiger partial charge in [-0.2, -0.15) is 0 Å². The molecule has 2 nitrogen and oxygen atoms in total. The van der Waals surface area contributed by atoms with Crippen molar-refractivity contribution in [3.63, 3.8) is 0 Å². The van der Waals surface area contributed by atoms with Gasteiger partial charge in [-0.25, -0.2) is 0 Å². The molecule has 2 N–H and O–H groups in total. The summed E-state index contributed by atoms with van der Waals surface area (Å²) in [5.74, 6) is 0. The molecule has 0 aliphatic carbocycles. The fourth-order valence-corrected chi connectivity index (χ4v) is 2.43. The normalized spacial score (nSPS) is 13.2. The lowest BCUT2D eigenvalue weighted by Gasteiger charge is -2.03. The maximum atomic E-state index is 6.24. The van der Waals surface area contributed by atoms with Crippen molar-refractivity contribution in [2.24, 2.45) is 5.73 Å². The number of nitrogens with zero attached hydrogens (tertiary/aromatic N) is 1. The summed E-state index contributed by atoms with van der Waals surface area (Å²) in [6, 6.07) is 6.22. The molecule has 16 heavy (non-hydrogen) atoms. The minimum atomic E-state index is 0.176. The molecule has 3 heteroatoms. The Morgan fingerprint density at radius 3 is 2.81 bits per heavy atom. The van der Waals surface area contributed by atoms with Crippen LogP contribution in [0, 0.1) is 0 Å². The van der Waals surface area contributed by atoms with Crippen LogP contribution in [0.3, 0.4) is 0 Å². The van der Waals surface area contributed by atoms with Crippen LogP contribution in [-0.4, -0.2) is 10.6 Å². The van der Waals surface area contributed by atoms with Gasteiger partial charge in [-0.1, -0.05) is 23.7 Å². The van der Waals surface area contributed by atoms with Gasteiger partial charge in [0.1, 0.15) is 0 Å². The van der Waals surface area contributed by atoms with Crippen molar-refractivity contribution in [1.29, 1.82) is 0 Å². The van der Waals surface area contributed by atoms with Gasteiger partial charge in [-0.15, -0.1) is 0 Å². The smallest absolute Gasteiger partial charge is 0.0672 e. The maximum absolute atomic E-state index is 6.24. The van der Waals surface area contributed by atoms with Crippen LogP contribution >= 0.6 is 11.6 Å². The van der Waals surface area contributed by atoms with E-state index in [1.165, 1.54) is 10.9 Å². The molecule has 0 saturated carbocycles. The van der Waals surface area contributed by atoms with Crippen molar-refractivity contribution in [2.75, 3.05) is 0 Å². The van der Waals surface area contributed by atoms with Crippen molar-refractivity contribution in [1.82, 2.24) is 4.57 Å². The van der Waals surface area contributed by atoms with Crippen LogP contribution in [0.4, 0.5) is 0 Å². The Morgan fingerprint density at radius 2 is 2.19 bits per heavy atom. The number of hydrogen-bond donors (Lipinski definition) is 1. The monoisotopic (exact) mass is 236 g/mol. The van der Waals surface area contributed by atoms with Crippen molar-refractivity contribution >= 4 is 22.5 Å². The lowest BCUT2D eigenvalue weighted by molar-refractivity contribution is 0.731. The number of halogens is 1. The molecule has 0 saturated heterocycles. The van der Waals surface area contributed by atoms with E-state index in [1.807, 2.05) is 19.1 Å². The van der Waals surface area contributed by atoms with Gasteiger partial charge in [0.25, 0.3) is 0 Å². The van der Waals surface area contributed by atoms with Gasteiger partial charge in [0.2, 0.25) is 0 Å².